The van der Waals surface area contributed by atoms with E-state index in [4.69, 9.17) is 14.2 Å². The number of methoxy groups -OCH3 is 3. The molecule has 1 fully saturated rings. The van der Waals surface area contributed by atoms with Crippen LogP contribution in [0.2, 0.25) is 0 Å². The molecule has 1 saturated heterocycles. The van der Waals surface area contributed by atoms with Crippen LogP contribution >= 0.6 is 0 Å². The number of benzene rings is 1. The molecule has 7 nitrogen and oxygen atoms in total. The third-order valence-electron chi connectivity index (χ3n) is 4.00. The Bertz CT molecular complexity index is 568. The van der Waals surface area contributed by atoms with Gasteiger partial charge in [-0.3, -0.25) is 9.59 Å². The number of amides is 2. The van der Waals surface area contributed by atoms with Crippen molar-refractivity contribution in [3.8, 4) is 11.5 Å². The average Bonchev–Trinajstić information content (AvgIpc) is 2.87. The maximum Gasteiger partial charge on any atom is 0.254 e. The van der Waals surface area contributed by atoms with E-state index in [1.54, 1.807) is 42.2 Å². The summed E-state index contributed by atoms with van der Waals surface area (Å²) in [6, 6.07) is 5.12. The highest BCUT2D eigenvalue weighted by molar-refractivity contribution is 5.95. The lowest BCUT2D eigenvalue weighted by Crippen LogP contribution is -2.38. The van der Waals surface area contributed by atoms with Gasteiger partial charge in [-0.2, -0.15) is 0 Å². The van der Waals surface area contributed by atoms with Gasteiger partial charge in [-0.15, -0.1) is 0 Å². The van der Waals surface area contributed by atoms with E-state index in [1.165, 1.54) is 7.11 Å². The quantitative estimate of drug-likeness (QED) is 0.803. The number of carbonyl (C=O) groups is 2. The van der Waals surface area contributed by atoms with Gasteiger partial charge in [0.1, 0.15) is 18.1 Å². The number of hydrogen-bond donors (Lipinski definition) is 0. The standard InChI is InChI=1S/C17H24N2O5/c1-22-12-16(20)18-5-4-6-19(8-7-18)17(21)13-9-14(23-2)11-15(10-13)24-3/h9-11H,4-8,12H2,1-3H3. The molecular formula is C17H24N2O5. The normalized spacial score (nSPS) is 15.0. The van der Waals surface area contributed by atoms with Gasteiger partial charge >= 0.3 is 0 Å². The van der Waals surface area contributed by atoms with E-state index in [-0.39, 0.29) is 18.4 Å². The largest absolute Gasteiger partial charge is 0.497 e. The van der Waals surface area contributed by atoms with Gasteiger partial charge in [-0.25, -0.2) is 0 Å². The smallest absolute Gasteiger partial charge is 0.254 e. The summed E-state index contributed by atoms with van der Waals surface area (Å²) in [7, 11) is 4.60. The lowest BCUT2D eigenvalue weighted by Gasteiger charge is -2.22. The zero-order valence-corrected chi connectivity index (χ0v) is 14.4. The Morgan fingerprint density at radius 1 is 0.917 bits per heavy atom. The minimum Gasteiger partial charge on any atom is -0.497 e. The van der Waals surface area contributed by atoms with E-state index in [1.807, 2.05) is 0 Å². The maximum absolute atomic E-state index is 12.8. The van der Waals surface area contributed by atoms with Gasteiger partial charge in [-0.05, 0) is 18.6 Å². The van der Waals surface area contributed by atoms with Crippen LogP contribution < -0.4 is 9.47 Å². The molecule has 132 valence electrons. The number of carbonyl (C=O) groups excluding carboxylic acids is 2. The third-order valence-corrected chi connectivity index (χ3v) is 4.00. The van der Waals surface area contributed by atoms with E-state index in [9.17, 15) is 9.59 Å². The molecule has 7 heteroatoms. The fourth-order valence-corrected chi connectivity index (χ4v) is 2.70. The van der Waals surface area contributed by atoms with Crippen molar-refractivity contribution in [3.05, 3.63) is 23.8 Å². The van der Waals surface area contributed by atoms with E-state index in [0.717, 1.165) is 6.42 Å². The summed E-state index contributed by atoms with van der Waals surface area (Å²) in [5.41, 5.74) is 0.517. The van der Waals surface area contributed by atoms with Crippen LogP contribution in [0.25, 0.3) is 0 Å². The van der Waals surface area contributed by atoms with Crippen LogP contribution in [0.5, 0.6) is 11.5 Å². The average molecular weight is 336 g/mol. The van der Waals surface area contributed by atoms with Crippen molar-refractivity contribution in [3.63, 3.8) is 0 Å². The van der Waals surface area contributed by atoms with Gasteiger partial charge < -0.3 is 24.0 Å². The van der Waals surface area contributed by atoms with Crippen LogP contribution in [0.4, 0.5) is 0 Å². The lowest BCUT2D eigenvalue weighted by atomic mass is 10.1. The van der Waals surface area contributed by atoms with Gasteiger partial charge in [0.15, 0.2) is 0 Å². The molecule has 2 rings (SSSR count). The predicted octanol–water partition coefficient (Wildman–Crippen LogP) is 1.02. The number of ether oxygens (including phenoxy) is 3. The molecule has 1 aliphatic heterocycles. The summed E-state index contributed by atoms with van der Waals surface area (Å²) in [4.78, 5) is 28.2. The van der Waals surface area contributed by atoms with Crippen molar-refractivity contribution < 1.29 is 23.8 Å². The van der Waals surface area contributed by atoms with E-state index >= 15 is 0 Å². The Balaban J connectivity index is 2.09. The van der Waals surface area contributed by atoms with Crippen LogP contribution in [0.1, 0.15) is 16.8 Å². The SMILES string of the molecule is COCC(=O)N1CCCN(C(=O)c2cc(OC)cc(OC)c2)CC1. The Morgan fingerprint density at radius 3 is 2.08 bits per heavy atom. The van der Waals surface area contributed by atoms with E-state index in [2.05, 4.69) is 0 Å². The van der Waals surface area contributed by atoms with Gasteiger partial charge in [0, 0.05) is 44.9 Å². The molecule has 0 N–H and O–H groups in total. The molecule has 1 aromatic carbocycles. The fraction of sp³-hybridized carbons (Fsp3) is 0.529. The summed E-state index contributed by atoms with van der Waals surface area (Å²) in [5.74, 6) is 1.01. The summed E-state index contributed by atoms with van der Waals surface area (Å²) in [6.07, 6.45) is 0.738. The molecule has 0 saturated carbocycles. The molecule has 0 aromatic heterocycles. The molecule has 1 aromatic rings. The van der Waals surface area contributed by atoms with Crippen molar-refractivity contribution in [1.82, 2.24) is 9.80 Å². The zero-order valence-electron chi connectivity index (χ0n) is 14.4. The molecule has 0 bridgehead atoms. The van der Waals surface area contributed by atoms with Crippen molar-refractivity contribution in [2.24, 2.45) is 0 Å². The Kier molecular flexibility index (Phi) is 6.43. The molecule has 0 spiro atoms. The third kappa shape index (κ3) is 4.38. The minimum absolute atomic E-state index is 0.0464. The molecule has 24 heavy (non-hydrogen) atoms. The molecular weight excluding hydrogens is 312 g/mol. The van der Waals surface area contributed by atoms with Gasteiger partial charge in [0.25, 0.3) is 5.91 Å². The Hall–Kier alpha value is -2.28. The van der Waals surface area contributed by atoms with Crippen molar-refractivity contribution in [2.75, 3.05) is 54.1 Å². The molecule has 2 amide bonds. The first-order valence-electron chi connectivity index (χ1n) is 7.88. The summed E-state index contributed by atoms with van der Waals surface area (Å²) in [5, 5.41) is 0. The number of nitrogens with zero attached hydrogens (tertiary/aromatic N) is 2. The van der Waals surface area contributed by atoms with Gasteiger partial charge in [0.05, 0.1) is 14.2 Å². The Morgan fingerprint density at radius 2 is 1.50 bits per heavy atom. The van der Waals surface area contributed by atoms with Crippen LogP contribution in [0.15, 0.2) is 18.2 Å². The second kappa shape index (κ2) is 8.54. The lowest BCUT2D eigenvalue weighted by molar-refractivity contribution is -0.135. The first kappa shape index (κ1) is 18.1. The fourth-order valence-electron chi connectivity index (χ4n) is 2.70. The molecule has 0 unspecified atom stereocenters. The van der Waals surface area contributed by atoms with Crippen LogP contribution in [0, 0.1) is 0 Å². The molecule has 0 atom stereocenters. The second-order valence-electron chi connectivity index (χ2n) is 5.56. The van der Waals surface area contributed by atoms with Crippen molar-refractivity contribution in [1.29, 1.82) is 0 Å². The van der Waals surface area contributed by atoms with Crippen molar-refractivity contribution >= 4 is 11.8 Å². The highest BCUT2D eigenvalue weighted by Crippen LogP contribution is 2.23. The van der Waals surface area contributed by atoms with E-state index < -0.39 is 0 Å². The molecule has 1 aliphatic rings. The summed E-state index contributed by atoms with van der Waals surface area (Å²) in [6.45, 7) is 2.31. The molecule has 0 radical (unpaired) electrons. The summed E-state index contributed by atoms with van der Waals surface area (Å²) >= 11 is 0. The maximum atomic E-state index is 12.8. The predicted molar refractivity (Wildman–Crippen MR) is 88.5 cm³/mol. The molecule has 0 aliphatic carbocycles. The molecule has 1 heterocycles. The monoisotopic (exact) mass is 336 g/mol. The Labute approximate surface area is 142 Å². The highest BCUT2D eigenvalue weighted by Gasteiger charge is 2.23. The van der Waals surface area contributed by atoms with Gasteiger partial charge in [-0.1, -0.05) is 0 Å². The van der Waals surface area contributed by atoms with Crippen LogP contribution in [-0.4, -0.2) is 75.7 Å². The zero-order chi connectivity index (χ0) is 17.5. The topological polar surface area (TPSA) is 68.3 Å². The second-order valence-corrected chi connectivity index (χ2v) is 5.56. The number of rotatable bonds is 5. The minimum atomic E-state index is -0.0896. The van der Waals surface area contributed by atoms with Crippen LogP contribution in [-0.2, 0) is 9.53 Å². The highest BCUT2D eigenvalue weighted by atomic mass is 16.5. The van der Waals surface area contributed by atoms with Crippen LogP contribution in [0.3, 0.4) is 0 Å². The summed E-state index contributed by atoms with van der Waals surface area (Å²) < 4.78 is 15.3. The first-order chi connectivity index (χ1) is 11.6. The first-order valence-corrected chi connectivity index (χ1v) is 7.88. The van der Waals surface area contributed by atoms with Gasteiger partial charge in [0.2, 0.25) is 5.91 Å². The number of hydrogen-bond acceptors (Lipinski definition) is 5. The van der Waals surface area contributed by atoms with E-state index in [0.29, 0.717) is 43.2 Å². The van der Waals surface area contributed by atoms with Crippen molar-refractivity contribution in [2.45, 2.75) is 6.42 Å².